The van der Waals surface area contributed by atoms with E-state index in [4.69, 9.17) is 23.2 Å². The second-order valence-corrected chi connectivity index (χ2v) is 5.22. The molecule has 1 fully saturated rings. The fourth-order valence-electron chi connectivity index (χ4n) is 2.28. The number of nitrogens with one attached hydrogen (secondary N) is 2. The minimum Gasteiger partial charge on any atom is -0.341 e. The molecule has 3 rings (SSSR count). The van der Waals surface area contributed by atoms with Gasteiger partial charge in [-0.3, -0.25) is 0 Å². The van der Waals surface area contributed by atoms with Crippen LogP contribution in [0.15, 0.2) is 24.4 Å². The lowest BCUT2D eigenvalue weighted by Crippen LogP contribution is -2.14. The molecule has 18 heavy (non-hydrogen) atoms. The van der Waals surface area contributed by atoms with Crippen LogP contribution in [0.3, 0.4) is 0 Å². The summed E-state index contributed by atoms with van der Waals surface area (Å²) in [6.07, 6.45) is 4.13. The van der Waals surface area contributed by atoms with Gasteiger partial charge in [-0.25, -0.2) is 4.98 Å². The highest BCUT2D eigenvalue weighted by Gasteiger charge is 2.19. The molecule has 1 atom stereocenters. The lowest BCUT2D eigenvalue weighted by molar-refractivity contribution is 0.613. The molecule has 3 nitrogen and oxygen atoms in total. The van der Waals surface area contributed by atoms with Crippen LogP contribution >= 0.6 is 23.2 Å². The molecule has 0 bridgehead atoms. The average molecular weight is 282 g/mol. The lowest BCUT2D eigenvalue weighted by atomic mass is 10.2. The minimum absolute atomic E-state index is 0.330. The van der Waals surface area contributed by atoms with E-state index in [1.807, 2.05) is 18.3 Å². The number of hydrogen-bond acceptors (Lipinski definition) is 2. The van der Waals surface area contributed by atoms with Crippen LogP contribution in [0.5, 0.6) is 0 Å². The summed E-state index contributed by atoms with van der Waals surface area (Å²) in [4.78, 5) is 7.75. The molecule has 2 heterocycles. The number of hydrogen-bond donors (Lipinski definition) is 2. The molecule has 1 unspecified atom stereocenters. The molecule has 2 N–H and O–H groups in total. The van der Waals surface area contributed by atoms with Gasteiger partial charge in [0.25, 0.3) is 0 Å². The van der Waals surface area contributed by atoms with Crippen molar-refractivity contribution in [1.29, 1.82) is 0 Å². The minimum atomic E-state index is 0.330. The molecule has 94 valence electrons. The van der Waals surface area contributed by atoms with Gasteiger partial charge in [0.1, 0.15) is 5.82 Å². The number of aromatic amines is 1. The summed E-state index contributed by atoms with van der Waals surface area (Å²) in [5, 5.41) is 4.53. The van der Waals surface area contributed by atoms with Crippen molar-refractivity contribution in [3.8, 4) is 11.3 Å². The van der Waals surface area contributed by atoms with Gasteiger partial charge >= 0.3 is 0 Å². The van der Waals surface area contributed by atoms with E-state index >= 15 is 0 Å². The second-order valence-electron chi connectivity index (χ2n) is 4.43. The molecule has 2 aromatic rings. The van der Waals surface area contributed by atoms with E-state index in [2.05, 4.69) is 15.3 Å². The van der Waals surface area contributed by atoms with Crippen LogP contribution in [0.4, 0.5) is 0 Å². The standard InChI is InChI=1S/C13H13Cl2N3/c14-9-4-1-3-8(12(9)15)11-7-17-13(18-11)10-5-2-6-16-10/h1,3-4,7,10,16H,2,5-6H2,(H,17,18). The van der Waals surface area contributed by atoms with Gasteiger partial charge in [0, 0.05) is 5.56 Å². The number of H-pyrrole nitrogens is 1. The highest BCUT2D eigenvalue weighted by atomic mass is 35.5. The molecule has 0 spiro atoms. The van der Waals surface area contributed by atoms with Crippen molar-refractivity contribution >= 4 is 23.2 Å². The zero-order valence-corrected chi connectivity index (χ0v) is 11.2. The molecule has 1 aromatic heterocycles. The first kappa shape index (κ1) is 12.0. The number of nitrogens with zero attached hydrogens (tertiary/aromatic N) is 1. The normalized spacial score (nSPS) is 19.3. The van der Waals surface area contributed by atoms with Crippen molar-refractivity contribution in [1.82, 2.24) is 15.3 Å². The number of rotatable bonds is 2. The van der Waals surface area contributed by atoms with E-state index in [9.17, 15) is 0 Å². The Labute approximate surface area is 116 Å². The Morgan fingerprint density at radius 3 is 2.94 bits per heavy atom. The quantitative estimate of drug-likeness (QED) is 0.879. The summed E-state index contributed by atoms with van der Waals surface area (Å²) in [6.45, 7) is 1.05. The third-order valence-corrected chi connectivity index (χ3v) is 4.05. The Hall–Kier alpha value is -1.03. The second kappa shape index (κ2) is 4.92. The van der Waals surface area contributed by atoms with E-state index in [0.717, 1.165) is 30.0 Å². The predicted molar refractivity (Wildman–Crippen MR) is 74.0 cm³/mol. The van der Waals surface area contributed by atoms with Gasteiger partial charge in [0.05, 0.1) is 28.0 Å². The molecule has 0 amide bonds. The van der Waals surface area contributed by atoms with Crippen molar-refractivity contribution in [3.05, 3.63) is 40.3 Å². The number of benzene rings is 1. The van der Waals surface area contributed by atoms with Gasteiger partial charge in [0.2, 0.25) is 0 Å². The zero-order valence-electron chi connectivity index (χ0n) is 9.71. The molecule has 1 aliphatic heterocycles. The largest absolute Gasteiger partial charge is 0.341 e. The smallest absolute Gasteiger partial charge is 0.123 e. The van der Waals surface area contributed by atoms with Gasteiger partial charge < -0.3 is 10.3 Å². The Morgan fingerprint density at radius 2 is 2.17 bits per heavy atom. The molecule has 0 radical (unpaired) electrons. The molecule has 5 heteroatoms. The van der Waals surface area contributed by atoms with Gasteiger partial charge in [-0.1, -0.05) is 35.3 Å². The summed E-state index contributed by atoms with van der Waals surface area (Å²) in [6, 6.07) is 5.94. The molecular weight excluding hydrogens is 269 g/mol. The maximum atomic E-state index is 6.20. The van der Waals surface area contributed by atoms with E-state index in [-0.39, 0.29) is 0 Å². The van der Waals surface area contributed by atoms with E-state index < -0.39 is 0 Å². The Balaban J connectivity index is 1.95. The Morgan fingerprint density at radius 1 is 1.28 bits per heavy atom. The fourth-order valence-corrected chi connectivity index (χ4v) is 2.68. The number of imidazole rings is 1. The number of halogens is 2. The van der Waals surface area contributed by atoms with E-state index in [1.165, 1.54) is 6.42 Å². The molecule has 0 saturated carbocycles. The summed E-state index contributed by atoms with van der Waals surface area (Å²) in [5.74, 6) is 0.971. The van der Waals surface area contributed by atoms with Crippen LogP contribution in [-0.2, 0) is 0 Å². The highest BCUT2D eigenvalue weighted by molar-refractivity contribution is 6.43. The SMILES string of the molecule is Clc1cccc(-c2cnc(C3CCCN3)[nH]2)c1Cl. The fraction of sp³-hybridized carbons (Fsp3) is 0.308. The third kappa shape index (κ3) is 2.14. The molecule has 1 aliphatic rings. The van der Waals surface area contributed by atoms with Crippen LogP contribution in [0, 0.1) is 0 Å². The molecule has 1 aromatic carbocycles. The Bertz CT molecular complexity index is 559. The summed E-state index contributed by atoms with van der Waals surface area (Å²) in [5.41, 5.74) is 1.80. The lowest BCUT2D eigenvalue weighted by Gasteiger charge is -2.06. The summed E-state index contributed by atoms with van der Waals surface area (Å²) >= 11 is 12.2. The van der Waals surface area contributed by atoms with Crippen LogP contribution in [0.25, 0.3) is 11.3 Å². The van der Waals surface area contributed by atoms with Crippen molar-refractivity contribution in [2.24, 2.45) is 0 Å². The van der Waals surface area contributed by atoms with Crippen molar-refractivity contribution in [3.63, 3.8) is 0 Å². The topological polar surface area (TPSA) is 40.7 Å². The van der Waals surface area contributed by atoms with Gasteiger partial charge in [-0.2, -0.15) is 0 Å². The van der Waals surface area contributed by atoms with Crippen LogP contribution in [0.1, 0.15) is 24.7 Å². The van der Waals surface area contributed by atoms with Crippen molar-refractivity contribution in [2.75, 3.05) is 6.54 Å². The van der Waals surface area contributed by atoms with Crippen LogP contribution in [-0.4, -0.2) is 16.5 Å². The molecular formula is C13H13Cl2N3. The Kier molecular flexibility index (Phi) is 3.29. The first-order chi connectivity index (χ1) is 8.75. The number of aromatic nitrogens is 2. The van der Waals surface area contributed by atoms with Crippen LogP contribution < -0.4 is 5.32 Å². The van der Waals surface area contributed by atoms with Gasteiger partial charge in [0.15, 0.2) is 0 Å². The molecule has 0 aliphatic carbocycles. The van der Waals surface area contributed by atoms with Crippen molar-refractivity contribution in [2.45, 2.75) is 18.9 Å². The van der Waals surface area contributed by atoms with E-state index in [0.29, 0.717) is 16.1 Å². The maximum absolute atomic E-state index is 6.20. The van der Waals surface area contributed by atoms with Crippen molar-refractivity contribution < 1.29 is 0 Å². The zero-order chi connectivity index (χ0) is 12.5. The average Bonchev–Trinajstić information content (AvgIpc) is 3.01. The third-order valence-electron chi connectivity index (χ3n) is 3.23. The first-order valence-corrected chi connectivity index (χ1v) is 6.74. The maximum Gasteiger partial charge on any atom is 0.123 e. The monoisotopic (exact) mass is 281 g/mol. The molecule has 1 saturated heterocycles. The highest BCUT2D eigenvalue weighted by Crippen LogP contribution is 2.33. The van der Waals surface area contributed by atoms with Crippen LogP contribution in [0.2, 0.25) is 10.0 Å². The van der Waals surface area contributed by atoms with Gasteiger partial charge in [-0.05, 0) is 25.5 Å². The van der Waals surface area contributed by atoms with Gasteiger partial charge in [-0.15, -0.1) is 0 Å². The predicted octanol–water partition coefficient (Wildman–Crippen LogP) is 3.81. The summed E-state index contributed by atoms with van der Waals surface area (Å²) < 4.78 is 0. The first-order valence-electron chi connectivity index (χ1n) is 5.98. The summed E-state index contributed by atoms with van der Waals surface area (Å²) in [7, 11) is 0. The van der Waals surface area contributed by atoms with E-state index in [1.54, 1.807) is 6.07 Å².